The first-order valence-electron chi connectivity index (χ1n) is 6.43. The van der Waals surface area contributed by atoms with Crippen LogP contribution in [0.15, 0.2) is 28.7 Å². The molecule has 2 rings (SSSR count). The van der Waals surface area contributed by atoms with E-state index in [1.165, 1.54) is 5.69 Å². The molecule has 2 atom stereocenters. The zero-order chi connectivity index (χ0) is 14.0. The lowest BCUT2D eigenvalue weighted by Gasteiger charge is -2.19. The van der Waals surface area contributed by atoms with Crippen LogP contribution in [0.3, 0.4) is 0 Å². The number of benzene rings is 1. The maximum Gasteiger partial charge on any atom is 0.328 e. The van der Waals surface area contributed by atoms with Crippen molar-refractivity contribution in [2.24, 2.45) is 11.8 Å². The summed E-state index contributed by atoms with van der Waals surface area (Å²) >= 11 is 3.50. The molecule has 0 spiro atoms. The minimum absolute atomic E-state index is 0.713. The average molecular weight is 324 g/mol. The Kier molecular flexibility index (Phi) is 4.30. The van der Waals surface area contributed by atoms with Gasteiger partial charge in [-0.05, 0) is 35.6 Å². The monoisotopic (exact) mass is 323 g/mol. The van der Waals surface area contributed by atoms with E-state index in [0.717, 1.165) is 29.2 Å². The third kappa shape index (κ3) is 3.38. The standard InChI is InChI=1S/C15H18BrNO2/c1-10-8-17(9-11(10)2)13-5-3-12(14(16)7-13)4-6-15(18)19/h3-7,10-11H,8-9H2,1-2H3,(H,18,19)/b6-4+. The van der Waals surface area contributed by atoms with E-state index in [1.807, 2.05) is 6.07 Å². The van der Waals surface area contributed by atoms with E-state index < -0.39 is 5.97 Å². The quantitative estimate of drug-likeness (QED) is 0.863. The van der Waals surface area contributed by atoms with Crippen molar-refractivity contribution >= 4 is 33.7 Å². The van der Waals surface area contributed by atoms with Crippen LogP contribution in [0.4, 0.5) is 5.69 Å². The van der Waals surface area contributed by atoms with Crippen LogP contribution >= 0.6 is 15.9 Å². The van der Waals surface area contributed by atoms with Crippen molar-refractivity contribution in [1.82, 2.24) is 0 Å². The van der Waals surface area contributed by atoms with Gasteiger partial charge in [0.2, 0.25) is 0 Å². The van der Waals surface area contributed by atoms with E-state index in [-0.39, 0.29) is 0 Å². The van der Waals surface area contributed by atoms with Crippen LogP contribution in [-0.2, 0) is 4.79 Å². The molecule has 1 aliphatic heterocycles. The summed E-state index contributed by atoms with van der Waals surface area (Å²) in [6.45, 7) is 6.73. The summed E-state index contributed by atoms with van der Waals surface area (Å²) in [5.74, 6) is 0.494. The van der Waals surface area contributed by atoms with Crippen LogP contribution in [0.5, 0.6) is 0 Å². The molecule has 0 radical (unpaired) electrons. The van der Waals surface area contributed by atoms with E-state index in [1.54, 1.807) is 6.08 Å². The van der Waals surface area contributed by atoms with E-state index >= 15 is 0 Å². The van der Waals surface area contributed by atoms with Gasteiger partial charge in [-0.1, -0.05) is 35.8 Å². The highest BCUT2D eigenvalue weighted by Gasteiger charge is 2.26. The smallest absolute Gasteiger partial charge is 0.328 e. The van der Waals surface area contributed by atoms with Gasteiger partial charge in [0.1, 0.15) is 0 Å². The molecule has 102 valence electrons. The normalized spacial score (nSPS) is 23.2. The van der Waals surface area contributed by atoms with Crippen LogP contribution in [0.2, 0.25) is 0 Å². The van der Waals surface area contributed by atoms with Gasteiger partial charge in [0, 0.05) is 29.3 Å². The lowest BCUT2D eigenvalue weighted by atomic mass is 10.0. The van der Waals surface area contributed by atoms with Crippen molar-refractivity contribution in [3.8, 4) is 0 Å². The van der Waals surface area contributed by atoms with Gasteiger partial charge in [0.25, 0.3) is 0 Å². The SMILES string of the molecule is CC1CN(c2ccc(/C=C/C(=O)O)c(Br)c2)CC1C. The predicted octanol–water partition coefficient (Wildman–Crippen LogP) is 3.64. The van der Waals surface area contributed by atoms with Crippen molar-refractivity contribution in [2.75, 3.05) is 18.0 Å². The topological polar surface area (TPSA) is 40.5 Å². The number of rotatable bonds is 3. The number of hydrogen-bond acceptors (Lipinski definition) is 2. The molecule has 3 nitrogen and oxygen atoms in total. The fourth-order valence-electron chi connectivity index (χ4n) is 2.35. The van der Waals surface area contributed by atoms with Gasteiger partial charge in [-0.2, -0.15) is 0 Å². The van der Waals surface area contributed by atoms with Crippen molar-refractivity contribution in [3.63, 3.8) is 0 Å². The van der Waals surface area contributed by atoms with E-state index in [4.69, 9.17) is 5.11 Å². The molecule has 4 heteroatoms. The molecule has 1 aromatic rings. The average Bonchev–Trinajstić information content (AvgIpc) is 2.68. The predicted molar refractivity (Wildman–Crippen MR) is 81.4 cm³/mol. The fourth-order valence-corrected chi connectivity index (χ4v) is 2.85. The third-order valence-electron chi connectivity index (χ3n) is 3.74. The molecule has 1 fully saturated rings. The minimum Gasteiger partial charge on any atom is -0.478 e. The zero-order valence-corrected chi connectivity index (χ0v) is 12.7. The lowest BCUT2D eigenvalue weighted by Crippen LogP contribution is -2.19. The van der Waals surface area contributed by atoms with Crippen LogP contribution < -0.4 is 4.90 Å². The molecule has 1 N–H and O–H groups in total. The first kappa shape index (κ1) is 14.1. The van der Waals surface area contributed by atoms with Crippen molar-refractivity contribution in [3.05, 3.63) is 34.3 Å². The van der Waals surface area contributed by atoms with Crippen LogP contribution in [0, 0.1) is 11.8 Å². The van der Waals surface area contributed by atoms with Gasteiger partial charge in [-0.3, -0.25) is 0 Å². The molecular formula is C15H18BrNO2. The number of anilines is 1. The highest BCUT2D eigenvalue weighted by Crippen LogP contribution is 2.31. The first-order chi connectivity index (χ1) is 8.97. The van der Waals surface area contributed by atoms with Crippen LogP contribution in [0.1, 0.15) is 19.4 Å². The summed E-state index contributed by atoms with van der Waals surface area (Å²) < 4.78 is 0.926. The Bertz CT molecular complexity index is 503. The summed E-state index contributed by atoms with van der Waals surface area (Å²) in [5.41, 5.74) is 2.07. The molecule has 0 aliphatic carbocycles. The molecule has 0 amide bonds. The molecule has 19 heavy (non-hydrogen) atoms. The first-order valence-corrected chi connectivity index (χ1v) is 7.22. The van der Waals surface area contributed by atoms with Gasteiger partial charge < -0.3 is 10.0 Å². The summed E-state index contributed by atoms with van der Waals surface area (Å²) in [6, 6.07) is 6.07. The van der Waals surface area contributed by atoms with Gasteiger partial charge in [0.05, 0.1) is 0 Å². The molecule has 0 bridgehead atoms. The van der Waals surface area contributed by atoms with Crippen LogP contribution in [-0.4, -0.2) is 24.2 Å². The Hall–Kier alpha value is -1.29. The van der Waals surface area contributed by atoms with Gasteiger partial charge in [-0.15, -0.1) is 0 Å². The Labute approximate surface area is 122 Å². The number of carboxylic acid groups (broad SMARTS) is 1. The summed E-state index contributed by atoms with van der Waals surface area (Å²) in [5, 5.41) is 8.64. The van der Waals surface area contributed by atoms with E-state index in [0.29, 0.717) is 11.8 Å². The molecule has 0 aromatic heterocycles. The van der Waals surface area contributed by atoms with Crippen molar-refractivity contribution in [1.29, 1.82) is 0 Å². The zero-order valence-electron chi connectivity index (χ0n) is 11.1. The molecule has 2 unspecified atom stereocenters. The highest BCUT2D eigenvalue weighted by atomic mass is 79.9. The summed E-state index contributed by atoms with van der Waals surface area (Å²) in [7, 11) is 0. The van der Waals surface area contributed by atoms with Gasteiger partial charge in [-0.25, -0.2) is 4.79 Å². The second-order valence-corrected chi connectivity index (χ2v) is 6.09. The molecule has 1 aliphatic rings. The van der Waals surface area contributed by atoms with Crippen LogP contribution in [0.25, 0.3) is 6.08 Å². The summed E-state index contributed by atoms with van der Waals surface area (Å²) in [6.07, 6.45) is 2.76. The third-order valence-corrected chi connectivity index (χ3v) is 4.43. The maximum absolute atomic E-state index is 10.5. The largest absolute Gasteiger partial charge is 0.478 e. The molecule has 1 aromatic carbocycles. The molecule has 1 heterocycles. The minimum atomic E-state index is -0.932. The Morgan fingerprint density at radius 1 is 1.37 bits per heavy atom. The maximum atomic E-state index is 10.5. The number of carboxylic acids is 1. The lowest BCUT2D eigenvalue weighted by molar-refractivity contribution is -0.131. The molecule has 1 saturated heterocycles. The Morgan fingerprint density at radius 3 is 2.53 bits per heavy atom. The van der Waals surface area contributed by atoms with E-state index in [2.05, 4.69) is 46.8 Å². The summed E-state index contributed by atoms with van der Waals surface area (Å²) in [4.78, 5) is 12.9. The number of hydrogen-bond donors (Lipinski definition) is 1. The Balaban J connectivity index is 2.17. The Morgan fingerprint density at radius 2 is 2.00 bits per heavy atom. The molecular weight excluding hydrogens is 306 g/mol. The van der Waals surface area contributed by atoms with Gasteiger partial charge >= 0.3 is 5.97 Å². The second kappa shape index (κ2) is 5.78. The fraction of sp³-hybridized carbons (Fsp3) is 0.400. The number of carbonyl (C=O) groups is 1. The van der Waals surface area contributed by atoms with Gasteiger partial charge in [0.15, 0.2) is 0 Å². The highest BCUT2D eigenvalue weighted by molar-refractivity contribution is 9.10. The van der Waals surface area contributed by atoms with Crippen molar-refractivity contribution in [2.45, 2.75) is 13.8 Å². The second-order valence-electron chi connectivity index (χ2n) is 5.24. The number of aliphatic carboxylic acids is 1. The number of nitrogens with zero attached hydrogens (tertiary/aromatic N) is 1. The number of halogens is 1. The van der Waals surface area contributed by atoms with E-state index in [9.17, 15) is 4.79 Å². The van der Waals surface area contributed by atoms with Crippen molar-refractivity contribution < 1.29 is 9.90 Å². The molecule has 0 saturated carbocycles.